The molecule has 0 saturated heterocycles. The van der Waals surface area contributed by atoms with Crippen molar-refractivity contribution in [3.8, 4) is 5.75 Å². The lowest BCUT2D eigenvalue weighted by molar-refractivity contribution is -0.123. The molecule has 0 aromatic heterocycles. The molecular formula is C23H27NO2. The van der Waals surface area contributed by atoms with Crippen molar-refractivity contribution in [3.05, 3.63) is 71.3 Å². The third kappa shape index (κ3) is 4.05. The molecule has 1 aliphatic carbocycles. The summed E-state index contributed by atoms with van der Waals surface area (Å²) in [4.78, 5) is 15.5. The number of methoxy groups -OCH3 is 1. The van der Waals surface area contributed by atoms with Gasteiger partial charge >= 0.3 is 0 Å². The number of hydrogen-bond donors (Lipinski definition) is 0. The first kappa shape index (κ1) is 18.4. The van der Waals surface area contributed by atoms with Gasteiger partial charge in [-0.15, -0.1) is 0 Å². The molecule has 0 radical (unpaired) electrons. The van der Waals surface area contributed by atoms with Crippen molar-refractivity contribution in [1.29, 1.82) is 0 Å². The van der Waals surface area contributed by atoms with Crippen molar-refractivity contribution in [2.75, 3.05) is 27.7 Å². The first-order valence-electron chi connectivity index (χ1n) is 9.10. The third-order valence-electron chi connectivity index (χ3n) is 5.11. The lowest BCUT2D eigenvalue weighted by Crippen LogP contribution is -2.39. The zero-order chi connectivity index (χ0) is 18.6. The highest BCUT2D eigenvalue weighted by Crippen LogP contribution is 2.42. The summed E-state index contributed by atoms with van der Waals surface area (Å²) < 4.78 is 5.21. The molecule has 1 saturated carbocycles. The molecule has 0 aliphatic heterocycles. The Hall–Kier alpha value is -2.39. The Bertz CT molecular complexity index is 778. The van der Waals surface area contributed by atoms with Gasteiger partial charge in [-0.3, -0.25) is 4.79 Å². The van der Waals surface area contributed by atoms with Gasteiger partial charge in [0, 0.05) is 6.54 Å². The van der Waals surface area contributed by atoms with Gasteiger partial charge in [0.1, 0.15) is 5.75 Å². The van der Waals surface area contributed by atoms with Crippen LogP contribution in [-0.4, -0.2) is 38.4 Å². The molecule has 0 spiro atoms. The van der Waals surface area contributed by atoms with E-state index in [2.05, 4.69) is 17.0 Å². The number of ether oxygens (including phenoxy) is 1. The summed E-state index contributed by atoms with van der Waals surface area (Å²) in [6.07, 6.45) is 4.58. The predicted octanol–water partition coefficient (Wildman–Crippen LogP) is 4.23. The Kier molecular flexibility index (Phi) is 5.58. The van der Waals surface area contributed by atoms with Crippen molar-refractivity contribution < 1.29 is 9.53 Å². The molecule has 2 aromatic carbocycles. The van der Waals surface area contributed by atoms with E-state index >= 15 is 0 Å². The first-order chi connectivity index (χ1) is 12.5. The van der Waals surface area contributed by atoms with Crippen molar-refractivity contribution in [1.82, 2.24) is 4.90 Å². The molecule has 1 unspecified atom stereocenters. The van der Waals surface area contributed by atoms with Crippen LogP contribution < -0.4 is 4.74 Å². The summed E-state index contributed by atoms with van der Waals surface area (Å²) in [5.74, 6) is 1.13. The number of Topliss-reactive ketones (excluding diaryl/α,β-unsaturated/α-hetero) is 1. The van der Waals surface area contributed by atoms with Gasteiger partial charge in [-0.1, -0.05) is 42.5 Å². The van der Waals surface area contributed by atoms with Crippen LogP contribution in [0.4, 0.5) is 0 Å². The molecular weight excluding hydrogens is 322 g/mol. The molecule has 0 amide bonds. The molecule has 0 N–H and O–H groups in total. The van der Waals surface area contributed by atoms with Crippen LogP contribution >= 0.6 is 0 Å². The van der Waals surface area contributed by atoms with Crippen molar-refractivity contribution in [3.63, 3.8) is 0 Å². The quantitative estimate of drug-likeness (QED) is 0.731. The lowest BCUT2D eigenvalue weighted by atomic mass is 9.78. The maximum Gasteiger partial charge on any atom is 0.166 e. The highest BCUT2D eigenvalue weighted by Gasteiger charge is 2.44. The smallest absolute Gasteiger partial charge is 0.166 e. The SMILES string of the molecule is COc1ccc(/C=C2\CCC(Cc3ccccc3)(CN(C)C)C2=O)cc1. The minimum Gasteiger partial charge on any atom is -0.497 e. The van der Waals surface area contributed by atoms with Gasteiger partial charge in [0.25, 0.3) is 0 Å². The minimum atomic E-state index is -0.330. The monoisotopic (exact) mass is 349 g/mol. The van der Waals surface area contributed by atoms with Crippen LogP contribution in [0.5, 0.6) is 5.75 Å². The van der Waals surface area contributed by atoms with Gasteiger partial charge in [-0.05, 0) is 68.3 Å². The van der Waals surface area contributed by atoms with Crippen LogP contribution in [0.15, 0.2) is 60.2 Å². The molecule has 3 heteroatoms. The van der Waals surface area contributed by atoms with E-state index in [1.807, 2.05) is 62.6 Å². The average Bonchev–Trinajstić information content (AvgIpc) is 2.92. The van der Waals surface area contributed by atoms with Gasteiger partial charge in [-0.25, -0.2) is 0 Å². The zero-order valence-corrected chi connectivity index (χ0v) is 15.9. The van der Waals surface area contributed by atoms with E-state index < -0.39 is 0 Å². The number of nitrogens with zero attached hydrogens (tertiary/aromatic N) is 1. The summed E-state index contributed by atoms with van der Waals surface area (Å²) in [7, 11) is 5.75. The van der Waals surface area contributed by atoms with Gasteiger partial charge in [0.05, 0.1) is 12.5 Å². The van der Waals surface area contributed by atoms with Crippen molar-refractivity contribution in [2.24, 2.45) is 5.41 Å². The molecule has 2 aromatic rings. The van der Waals surface area contributed by atoms with Gasteiger partial charge in [0.15, 0.2) is 5.78 Å². The summed E-state index contributed by atoms with van der Waals surface area (Å²) in [5, 5.41) is 0. The molecule has 0 heterocycles. The molecule has 1 atom stereocenters. The van der Waals surface area contributed by atoms with Crippen LogP contribution in [0, 0.1) is 5.41 Å². The van der Waals surface area contributed by atoms with E-state index in [1.165, 1.54) is 5.56 Å². The van der Waals surface area contributed by atoms with Gasteiger partial charge in [-0.2, -0.15) is 0 Å². The highest BCUT2D eigenvalue weighted by molar-refractivity contribution is 6.06. The fraction of sp³-hybridized carbons (Fsp3) is 0.348. The standard InChI is InChI=1S/C23H27NO2/c1-24(2)17-23(16-19-7-5-4-6-8-19)14-13-20(22(23)25)15-18-9-11-21(26-3)12-10-18/h4-12,15H,13-14,16-17H2,1-3H3/b20-15+. The fourth-order valence-electron chi connectivity index (χ4n) is 3.95. The fourth-order valence-corrected chi connectivity index (χ4v) is 3.95. The van der Waals surface area contributed by atoms with Gasteiger partial charge in [0.2, 0.25) is 0 Å². The predicted molar refractivity (Wildman–Crippen MR) is 106 cm³/mol. The number of benzene rings is 2. The Morgan fingerprint density at radius 2 is 1.77 bits per heavy atom. The van der Waals surface area contributed by atoms with Crippen molar-refractivity contribution in [2.45, 2.75) is 19.3 Å². The maximum atomic E-state index is 13.4. The first-order valence-corrected chi connectivity index (χ1v) is 9.10. The van der Waals surface area contributed by atoms with Crippen LogP contribution in [0.1, 0.15) is 24.0 Å². The zero-order valence-electron chi connectivity index (χ0n) is 15.9. The second-order valence-electron chi connectivity index (χ2n) is 7.45. The average molecular weight is 349 g/mol. The number of carbonyl (C=O) groups excluding carboxylic acids is 1. The molecule has 136 valence electrons. The number of ketones is 1. The molecule has 3 nitrogen and oxygen atoms in total. The van der Waals surface area contributed by atoms with Crippen LogP contribution in [-0.2, 0) is 11.2 Å². The summed E-state index contributed by atoms with van der Waals surface area (Å²) in [6.45, 7) is 0.778. The molecule has 1 aliphatic rings. The maximum absolute atomic E-state index is 13.4. The van der Waals surface area contributed by atoms with Crippen LogP contribution in [0.3, 0.4) is 0 Å². The van der Waals surface area contributed by atoms with Crippen molar-refractivity contribution >= 4 is 11.9 Å². The van der Waals surface area contributed by atoms with E-state index in [4.69, 9.17) is 4.74 Å². The van der Waals surface area contributed by atoms with Gasteiger partial charge < -0.3 is 9.64 Å². The molecule has 26 heavy (non-hydrogen) atoms. The summed E-state index contributed by atoms with van der Waals surface area (Å²) in [6, 6.07) is 18.2. The molecule has 1 fully saturated rings. The Balaban J connectivity index is 1.87. The second kappa shape index (κ2) is 7.88. The highest BCUT2D eigenvalue weighted by atomic mass is 16.5. The third-order valence-corrected chi connectivity index (χ3v) is 5.11. The Morgan fingerprint density at radius 1 is 1.08 bits per heavy atom. The van der Waals surface area contributed by atoms with Crippen LogP contribution in [0.2, 0.25) is 0 Å². The topological polar surface area (TPSA) is 29.5 Å². The normalized spacial score (nSPS) is 21.5. The number of allylic oxidation sites excluding steroid dienone is 1. The van der Waals surface area contributed by atoms with E-state index in [1.54, 1.807) is 7.11 Å². The largest absolute Gasteiger partial charge is 0.497 e. The molecule has 0 bridgehead atoms. The number of hydrogen-bond acceptors (Lipinski definition) is 3. The van der Waals surface area contributed by atoms with Crippen LogP contribution in [0.25, 0.3) is 6.08 Å². The lowest BCUT2D eigenvalue weighted by Gasteiger charge is -2.30. The minimum absolute atomic E-state index is 0.297. The Labute approximate surface area is 156 Å². The summed E-state index contributed by atoms with van der Waals surface area (Å²) >= 11 is 0. The van der Waals surface area contributed by atoms with E-state index in [0.717, 1.165) is 42.7 Å². The molecule has 3 rings (SSSR count). The summed E-state index contributed by atoms with van der Waals surface area (Å²) in [5.41, 5.74) is 2.89. The van der Waals surface area contributed by atoms with E-state index in [9.17, 15) is 4.79 Å². The number of carbonyl (C=O) groups is 1. The Morgan fingerprint density at radius 3 is 2.38 bits per heavy atom. The van der Waals surface area contributed by atoms with E-state index in [-0.39, 0.29) is 5.41 Å². The van der Waals surface area contributed by atoms with E-state index in [0.29, 0.717) is 5.78 Å². The second-order valence-corrected chi connectivity index (χ2v) is 7.45. The number of rotatable bonds is 6.